The zero-order valence-corrected chi connectivity index (χ0v) is 21.1. The molecule has 0 aliphatic carbocycles. The molecule has 0 saturated heterocycles. The van der Waals surface area contributed by atoms with Crippen LogP contribution in [0, 0.1) is 6.92 Å². The van der Waals surface area contributed by atoms with Crippen LogP contribution in [0.15, 0.2) is 71.7 Å². The number of rotatable bonds is 9. The fourth-order valence-corrected chi connectivity index (χ4v) is 5.35. The molecule has 0 aliphatic heterocycles. The SMILES string of the molecule is C=CCn1c(SCC(=O)Nc2cc(Cl)ccc2OC)nnc1-c1csc(C)c1-c1ccccc1. The number of allylic oxidation sites excluding steroid dienone is 1. The second-order valence-electron chi connectivity index (χ2n) is 7.33. The Hall–Kier alpha value is -3.07. The number of anilines is 1. The quantitative estimate of drug-likeness (QED) is 0.204. The number of nitrogens with one attached hydrogen (secondary N) is 1. The van der Waals surface area contributed by atoms with Gasteiger partial charge in [-0.05, 0) is 30.7 Å². The molecule has 2 aromatic heterocycles. The van der Waals surface area contributed by atoms with Crippen molar-refractivity contribution < 1.29 is 9.53 Å². The number of aromatic nitrogens is 3. The van der Waals surface area contributed by atoms with Crippen LogP contribution in [0.5, 0.6) is 5.75 Å². The summed E-state index contributed by atoms with van der Waals surface area (Å²) in [6.07, 6.45) is 1.80. The highest BCUT2D eigenvalue weighted by Crippen LogP contribution is 2.39. The predicted molar refractivity (Wildman–Crippen MR) is 141 cm³/mol. The first-order valence-electron chi connectivity index (χ1n) is 10.5. The number of methoxy groups -OCH3 is 1. The van der Waals surface area contributed by atoms with Gasteiger partial charge >= 0.3 is 0 Å². The minimum absolute atomic E-state index is 0.152. The summed E-state index contributed by atoms with van der Waals surface area (Å²) in [4.78, 5) is 13.9. The van der Waals surface area contributed by atoms with Crippen LogP contribution in [0.1, 0.15) is 4.88 Å². The average Bonchev–Trinajstić information content (AvgIpc) is 3.41. The zero-order valence-electron chi connectivity index (χ0n) is 18.7. The highest BCUT2D eigenvalue weighted by atomic mass is 35.5. The Kier molecular flexibility index (Phi) is 7.72. The van der Waals surface area contributed by atoms with E-state index in [0.717, 1.165) is 22.5 Å². The summed E-state index contributed by atoms with van der Waals surface area (Å²) in [5.41, 5.74) is 3.82. The summed E-state index contributed by atoms with van der Waals surface area (Å²) in [5, 5.41) is 15.0. The number of carbonyl (C=O) groups excluding carboxylic acids is 1. The Labute approximate surface area is 211 Å². The molecular formula is C25H23ClN4O2S2. The molecule has 0 saturated carbocycles. The number of halogens is 1. The van der Waals surface area contributed by atoms with Gasteiger partial charge in [0.2, 0.25) is 5.91 Å². The number of ether oxygens (including phenoxy) is 1. The van der Waals surface area contributed by atoms with Crippen LogP contribution in [0.2, 0.25) is 5.02 Å². The Bertz CT molecular complexity index is 1320. The maximum atomic E-state index is 12.6. The van der Waals surface area contributed by atoms with Gasteiger partial charge in [-0.2, -0.15) is 0 Å². The minimum atomic E-state index is -0.198. The summed E-state index contributed by atoms with van der Waals surface area (Å²) in [6, 6.07) is 15.3. The minimum Gasteiger partial charge on any atom is -0.495 e. The monoisotopic (exact) mass is 510 g/mol. The second-order valence-corrected chi connectivity index (χ2v) is 9.80. The van der Waals surface area contributed by atoms with Crippen molar-refractivity contribution in [3.63, 3.8) is 0 Å². The lowest BCUT2D eigenvalue weighted by atomic mass is 10.0. The molecule has 4 aromatic rings. The molecule has 0 radical (unpaired) electrons. The lowest BCUT2D eigenvalue weighted by Gasteiger charge is -2.11. The van der Waals surface area contributed by atoms with Crippen molar-refractivity contribution in [3.05, 3.63) is 76.5 Å². The van der Waals surface area contributed by atoms with Crippen LogP contribution in [0.25, 0.3) is 22.5 Å². The summed E-state index contributed by atoms with van der Waals surface area (Å²) >= 11 is 9.06. The Morgan fingerprint density at radius 2 is 2.06 bits per heavy atom. The number of aryl methyl sites for hydroxylation is 1. The number of hydrogen-bond donors (Lipinski definition) is 1. The van der Waals surface area contributed by atoms with E-state index in [9.17, 15) is 4.79 Å². The number of carbonyl (C=O) groups is 1. The number of benzene rings is 2. The van der Waals surface area contributed by atoms with Crippen molar-refractivity contribution in [3.8, 4) is 28.3 Å². The van der Waals surface area contributed by atoms with Crippen molar-refractivity contribution in [1.82, 2.24) is 14.8 Å². The first kappa shape index (κ1) is 24.1. The van der Waals surface area contributed by atoms with E-state index >= 15 is 0 Å². The van der Waals surface area contributed by atoms with Gasteiger partial charge in [-0.3, -0.25) is 9.36 Å². The van der Waals surface area contributed by atoms with Gasteiger partial charge in [-0.15, -0.1) is 28.1 Å². The number of thioether (sulfide) groups is 1. The number of hydrogen-bond acceptors (Lipinski definition) is 6. The van der Waals surface area contributed by atoms with Gasteiger partial charge in [0, 0.05) is 33.0 Å². The van der Waals surface area contributed by atoms with Crippen molar-refractivity contribution in [1.29, 1.82) is 0 Å². The lowest BCUT2D eigenvalue weighted by molar-refractivity contribution is -0.113. The summed E-state index contributed by atoms with van der Waals surface area (Å²) < 4.78 is 7.29. The molecule has 0 fully saturated rings. The first-order valence-corrected chi connectivity index (χ1v) is 12.7. The molecule has 2 heterocycles. The van der Waals surface area contributed by atoms with E-state index in [1.165, 1.54) is 16.6 Å². The highest BCUT2D eigenvalue weighted by Gasteiger charge is 2.21. The maximum Gasteiger partial charge on any atom is 0.234 e. The molecule has 6 nitrogen and oxygen atoms in total. The molecule has 0 aliphatic rings. The highest BCUT2D eigenvalue weighted by molar-refractivity contribution is 7.99. The molecule has 34 heavy (non-hydrogen) atoms. The van der Waals surface area contributed by atoms with E-state index in [4.69, 9.17) is 16.3 Å². The number of thiophene rings is 1. The molecule has 0 atom stereocenters. The summed E-state index contributed by atoms with van der Waals surface area (Å²) in [5.74, 6) is 1.25. The molecule has 4 rings (SSSR count). The topological polar surface area (TPSA) is 69.0 Å². The third-order valence-corrected chi connectivity index (χ3v) is 7.19. The van der Waals surface area contributed by atoms with E-state index < -0.39 is 0 Å². The second kappa shape index (κ2) is 10.9. The van der Waals surface area contributed by atoms with Crippen LogP contribution in [0.4, 0.5) is 5.69 Å². The van der Waals surface area contributed by atoms with Gasteiger partial charge in [0.15, 0.2) is 11.0 Å². The van der Waals surface area contributed by atoms with Crippen molar-refractivity contribution >= 4 is 46.3 Å². The summed E-state index contributed by atoms with van der Waals surface area (Å²) in [6.45, 7) is 6.52. The molecule has 0 spiro atoms. The molecule has 0 bridgehead atoms. The van der Waals surface area contributed by atoms with Crippen LogP contribution in [-0.4, -0.2) is 33.5 Å². The Balaban J connectivity index is 1.57. The molecule has 2 aromatic carbocycles. The predicted octanol–water partition coefficient (Wildman–Crippen LogP) is 6.56. The number of nitrogens with zero attached hydrogens (tertiary/aromatic N) is 3. The smallest absolute Gasteiger partial charge is 0.234 e. The van der Waals surface area contributed by atoms with Crippen LogP contribution < -0.4 is 10.1 Å². The van der Waals surface area contributed by atoms with Gasteiger partial charge < -0.3 is 10.1 Å². The normalized spacial score (nSPS) is 10.8. The average molecular weight is 511 g/mol. The van der Waals surface area contributed by atoms with Gasteiger partial charge in [0.05, 0.1) is 18.6 Å². The largest absolute Gasteiger partial charge is 0.495 e. The van der Waals surface area contributed by atoms with Crippen molar-refractivity contribution in [2.24, 2.45) is 0 Å². The van der Waals surface area contributed by atoms with E-state index in [-0.39, 0.29) is 11.7 Å². The maximum absolute atomic E-state index is 12.6. The lowest BCUT2D eigenvalue weighted by Crippen LogP contribution is -2.15. The van der Waals surface area contributed by atoms with Crippen molar-refractivity contribution in [2.75, 3.05) is 18.2 Å². The third-order valence-electron chi connectivity index (χ3n) is 5.07. The van der Waals surface area contributed by atoms with E-state index in [0.29, 0.717) is 28.2 Å². The van der Waals surface area contributed by atoms with Crippen molar-refractivity contribution in [2.45, 2.75) is 18.6 Å². The molecular weight excluding hydrogens is 488 g/mol. The summed E-state index contributed by atoms with van der Waals surface area (Å²) in [7, 11) is 1.54. The Morgan fingerprint density at radius 1 is 1.26 bits per heavy atom. The molecule has 1 amide bonds. The van der Waals surface area contributed by atoms with Gasteiger partial charge in [-0.25, -0.2) is 0 Å². The van der Waals surface area contributed by atoms with Crippen LogP contribution >= 0.6 is 34.7 Å². The third kappa shape index (κ3) is 5.19. The van der Waals surface area contributed by atoms with Crippen LogP contribution in [0.3, 0.4) is 0 Å². The molecule has 174 valence electrons. The Morgan fingerprint density at radius 3 is 2.79 bits per heavy atom. The van der Waals surface area contributed by atoms with Gasteiger partial charge in [0.25, 0.3) is 0 Å². The van der Waals surface area contributed by atoms with E-state index in [2.05, 4.69) is 46.5 Å². The first-order chi connectivity index (χ1) is 16.5. The zero-order chi connectivity index (χ0) is 24.1. The molecule has 1 N–H and O–H groups in total. The standard InChI is InChI=1S/C25H23ClN4O2S2/c1-4-12-30-24(19-14-33-16(2)23(19)17-8-6-5-7-9-17)28-29-25(30)34-15-22(31)27-20-13-18(26)10-11-21(20)32-3/h4-11,13-14H,1,12,15H2,2-3H3,(H,27,31). The fourth-order valence-electron chi connectivity index (χ4n) is 3.57. The van der Waals surface area contributed by atoms with E-state index in [1.807, 2.05) is 22.8 Å². The van der Waals surface area contributed by atoms with E-state index in [1.54, 1.807) is 42.7 Å². The molecule has 0 unspecified atom stereocenters. The van der Waals surface area contributed by atoms with Gasteiger partial charge in [0.1, 0.15) is 5.75 Å². The molecule has 9 heteroatoms. The van der Waals surface area contributed by atoms with Gasteiger partial charge in [-0.1, -0.05) is 59.8 Å². The van der Waals surface area contributed by atoms with Crippen LogP contribution in [-0.2, 0) is 11.3 Å². The fraction of sp³-hybridized carbons (Fsp3) is 0.160. The number of amides is 1.